The molecule has 0 aliphatic rings. The first-order valence-corrected chi connectivity index (χ1v) is 8.37. The smallest absolute Gasteiger partial charge is 0.118 e. The van der Waals surface area contributed by atoms with Crippen molar-refractivity contribution < 1.29 is 4.74 Å². The van der Waals surface area contributed by atoms with Gasteiger partial charge in [-0.15, -0.1) is 11.8 Å². The van der Waals surface area contributed by atoms with Gasteiger partial charge in [-0.05, 0) is 36.2 Å². The predicted molar refractivity (Wildman–Crippen MR) is 91.2 cm³/mol. The van der Waals surface area contributed by atoms with Gasteiger partial charge in [-0.1, -0.05) is 37.3 Å². The lowest BCUT2D eigenvalue weighted by Gasteiger charge is -2.17. The van der Waals surface area contributed by atoms with Crippen molar-refractivity contribution in [3.63, 3.8) is 0 Å². The standard InChI is InChI=1S/C18H23NOS/c1-3-18(15-9-11-16(20-2)12-10-15)19-13-14-21-17-7-5-4-6-8-17/h4-12,18-19H,3,13-14H2,1-2H3. The normalized spacial score (nSPS) is 12.1. The molecule has 0 saturated heterocycles. The molecule has 2 aromatic carbocycles. The Balaban J connectivity index is 1.79. The summed E-state index contributed by atoms with van der Waals surface area (Å²) in [6.07, 6.45) is 1.09. The minimum absolute atomic E-state index is 0.410. The van der Waals surface area contributed by atoms with Crippen LogP contribution in [0.2, 0.25) is 0 Å². The molecule has 0 fully saturated rings. The van der Waals surface area contributed by atoms with E-state index in [1.165, 1.54) is 10.5 Å². The van der Waals surface area contributed by atoms with Crippen LogP contribution in [-0.4, -0.2) is 19.4 Å². The Morgan fingerprint density at radius 1 is 1.05 bits per heavy atom. The number of benzene rings is 2. The maximum absolute atomic E-state index is 5.21. The lowest BCUT2D eigenvalue weighted by atomic mass is 10.0. The monoisotopic (exact) mass is 301 g/mol. The molecule has 112 valence electrons. The van der Waals surface area contributed by atoms with Crippen LogP contribution in [-0.2, 0) is 0 Å². The molecule has 0 aliphatic carbocycles. The zero-order valence-corrected chi connectivity index (χ0v) is 13.5. The maximum Gasteiger partial charge on any atom is 0.118 e. The Labute approximate surface area is 131 Å². The van der Waals surface area contributed by atoms with E-state index < -0.39 is 0 Å². The van der Waals surface area contributed by atoms with Crippen LogP contribution in [0.15, 0.2) is 59.5 Å². The van der Waals surface area contributed by atoms with Crippen LogP contribution in [0.1, 0.15) is 24.9 Å². The molecule has 2 aromatic rings. The molecule has 1 unspecified atom stereocenters. The second kappa shape index (κ2) is 8.75. The second-order valence-corrected chi connectivity index (χ2v) is 6.02. The Hall–Kier alpha value is -1.45. The van der Waals surface area contributed by atoms with E-state index in [1.54, 1.807) is 7.11 Å². The van der Waals surface area contributed by atoms with Gasteiger partial charge in [0.1, 0.15) is 5.75 Å². The first-order valence-electron chi connectivity index (χ1n) is 7.38. The highest BCUT2D eigenvalue weighted by Gasteiger charge is 2.08. The van der Waals surface area contributed by atoms with Gasteiger partial charge in [0.25, 0.3) is 0 Å². The van der Waals surface area contributed by atoms with Crippen molar-refractivity contribution in [1.82, 2.24) is 5.32 Å². The highest BCUT2D eigenvalue weighted by molar-refractivity contribution is 7.99. The van der Waals surface area contributed by atoms with Gasteiger partial charge in [-0.2, -0.15) is 0 Å². The van der Waals surface area contributed by atoms with Gasteiger partial charge in [-0.3, -0.25) is 0 Å². The average Bonchev–Trinajstić information content (AvgIpc) is 2.56. The quantitative estimate of drug-likeness (QED) is 0.572. The van der Waals surface area contributed by atoms with Crippen molar-refractivity contribution in [2.24, 2.45) is 0 Å². The van der Waals surface area contributed by atoms with Gasteiger partial charge >= 0.3 is 0 Å². The van der Waals surface area contributed by atoms with Crippen molar-refractivity contribution >= 4 is 11.8 Å². The molecule has 0 radical (unpaired) electrons. The number of ether oxygens (including phenoxy) is 1. The van der Waals surface area contributed by atoms with Crippen LogP contribution in [0.3, 0.4) is 0 Å². The van der Waals surface area contributed by atoms with E-state index >= 15 is 0 Å². The lowest BCUT2D eigenvalue weighted by molar-refractivity contribution is 0.414. The molecule has 21 heavy (non-hydrogen) atoms. The van der Waals surface area contributed by atoms with Crippen LogP contribution in [0, 0.1) is 0 Å². The minimum Gasteiger partial charge on any atom is -0.497 e. The highest BCUT2D eigenvalue weighted by Crippen LogP contribution is 2.21. The highest BCUT2D eigenvalue weighted by atomic mass is 32.2. The van der Waals surface area contributed by atoms with Crippen molar-refractivity contribution in [2.45, 2.75) is 24.3 Å². The molecule has 1 N–H and O–H groups in total. The number of nitrogens with one attached hydrogen (secondary N) is 1. The molecule has 0 saturated carbocycles. The van der Waals surface area contributed by atoms with E-state index in [-0.39, 0.29) is 0 Å². The molecule has 1 atom stereocenters. The van der Waals surface area contributed by atoms with Gasteiger partial charge < -0.3 is 10.1 Å². The molecule has 0 bridgehead atoms. The van der Waals surface area contributed by atoms with Crippen LogP contribution in [0.5, 0.6) is 5.75 Å². The summed E-state index contributed by atoms with van der Waals surface area (Å²) in [6.45, 7) is 3.22. The summed E-state index contributed by atoms with van der Waals surface area (Å²) in [7, 11) is 1.70. The summed E-state index contributed by atoms with van der Waals surface area (Å²) in [5.74, 6) is 1.99. The lowest BCUT2D eigenvalue weighted by Crippen LogP contribution is -2.23. The zero-order chi connectivity index (χ0) is 14.9. The topological polar surface area (TPSA) is 21.3 Å². The second-order valence-electron chi connectivity index (χ2n) is 4.85. The molecular weight excluding hydrogens is 278 g/mol. The number of hydrogen-bond donors (Lipinski definition) is 1. The molecule has 3 heteroatoms. The maximum atomic E-state index is 5.21. The summed E-state index contributed by atoms with van der Waals surface area (Å²) in [5, 5.41) is 3.63. The first kappa shape index (κ1) is 15.9. The molecule has 2 rings (SSSR count). The van der Waals surface area contributed by atoms with E-state index in [1.807, 2.05) is 23.9 Å². The van der Waals surface area contributed by atoms with Gasteiger partial charge in [0.2, 0.25) is 0 Å². The van der Waals surface area contributed by atoms with Gasteiger partial charge in [0, 0.05) is 23.2 Å². The van der Waals surface area contributed by atoms with E-state index in [2.05, 4.69) is 54.7 Å². The van der Waals surface area contributed by atoms with Crippen molar-refractivity contribution in [2.75, 3.05) is 19.4 Å². The third-order valence-electron chi connectivity index (χ3n) is 3.43. The van der Waals surface area contributed by atoms with Crippen molar-refractivity contribution in [1.29, 1.82) is 0 Å². The fraction of sp³-hybridized carbons (Fsp3) is 0.333. The number of hydrogen-bond acceptors (Lipinski definition) is 3. The zero-order valence-electron chi connectivity index (χ0n) is 12.7. The van der Waals surface area contributed by atoms with E-state index in [4.69, 9.17) is 4.74 Å². The van der Waals surface area contributed by atoms with Crippen molar-refractivity contribution in [3.8, 4) is 5.75 Å². The Morgan fingerprint density at radius 2 is 1.76 bits per heavy atom. The average molecular weight is 301 g/mol. The van der Waals surface area contributed by atoms with E-state index in [0.29, 0.717) is 6.04 Å². The third kappa shape index (κ3) is 5.10. The number of rotatable bonds is 8. The summed E-state index contributed by atoms with van der Waals surface area (Å²) in [4.78, 5) is 1.33. The van der Waals surface area contributed by atoms with Crippen LogP contribution >= 0.6 is 11.8 Å². The summed E-state index contributed by atoms with van der Waals surface area (Å²) in [6, 6.07) is 19.3. The van der Waals surface area contributed by atoms with E-state index in [9.17, 15) is 0 Å². The summed E-state index contributed by atoms with van der Waals surface area (Å²) in [5.41, 5.74) is 1.32. The molecule has 0 heterocycles. The van der Waals surface area contributed by atoms with Crippen LogP contribution < -0.4 is 10.1 Å². The van der Waals surface area contributed by atoms with Crippen LogP contribution in [0.25, 0.3) is 0 Å². The van der Waals surface area contributed by atoms with E-state index in [0.717, 1.165) is 24.5 Å². The largest absolute Gasteiger partial charge is 0.497 e. The van der Waals surface area contributed by atoms with Crippen molar-refractivity contribution in [3.05, 3.63) is 60.2 Å². The summed E-state index contributed by atoms with van der Waals surface area (Å²) < 4.78 is 5.21. The van der Waals surface area contributed by atoms with Gasteiger partial charge in [-0.25, -0.2) is 0 Å². The molecule has 0 aliphatic heterocycles. The summed E-state index contributed by atoms with van der Waals surface area (Å²) >= 11 is 1.89. The fourth-order valence-electron chi connectivity index (χ4n) is 2.25. The first-order chi connectivity index (χ1) is 10.3. The fourth-order valence-corrected chi connectivity index (χ4v) is 3.06. The predicted octanol–water partition coefficient (Wildman–Crippen LogP) is 4.53. The number of thioether (sulfide) groups is 1. The number of methoxy groups -OCH3 is 1. The third-order valence-corrected chi connectivity index (χ3v) is 4.44. The molecule has 0 aromatic heterocycles. The molecule has 2 nitrogen and oxygen atoms in total. The molecular formula is C18H23NOS. The van der Waals surface area contributed by atoms with Gasteiger partial charge in [0.15, 0.2) is 0 Å². The SMILES string of the molecule is CCC(NCCSc1ccccc1)c1ccc(OC)cc1. The Kier molecular flexibility index (Phi) is 6.64. The van der Waals surface area contributed by atoms with Gasteiger partial charge in [0.05, 0.1) is 7.11 Å². The minimum atomic E-state index is 0.410. The molecule has 0 spiro atoms. The molecule has 0 amide bonds. The van der Waals surface area contributed by atoms with Crippen LogP contribution in [0.4, 0.5) is 0 Å². The Morgan fingerprint density at radius 3 is 2.38 bits per heavy atom. The Bertz CT molecular complexity index is 513.